The summed E-state index contributed by atoms with van der Waals surface area (Å²) in [7, 11) is 0. The molecule has 1 heterocycles. The van der Waals surface area contributed by atoms with Gasteiger partial charge in [-0.25, -0.2) is 0 Å². The monoisotopic (exact) mass is 397 g/mol. The first kappa shape index (κ1) is 18.3. The average molecular weight is 399 g/mol. The van der Waals surface area contributed by atoms with Gasteiger partial charge in [-0.3, -0.25) is 9.69 Å². The van der Waals surface area contributed by atoms with Crippen molar-refractivity contribution in [2.75, 3.05) is 42.9 Å². The van der Waals surface area contributed by atoms with Crippen LogP contribution in [0.25, 0.3) is 0 Å². The van der Waals surface area contributed by atoms with Crippen LogP contribution in [0, 0.1) is 0 Å². The van der Waals surface area contributed by atoms with E-state index in [0.717, 1.165) is 36.9 Å². The van der Waals surface area contributed by atoms with Crippen LogP contribution in [0.1, 0.15) is 0 Å². The van der Waals surface area contributed by atoms with E-state index >= 15 is 0 Å². The van der Waals surface area contributed by atoms with E-state index < -0.39 is 0 Å². The highest BCUT2D eigenvalue weighted by Crippen LogP contribution is 2.29. The first-order chi connectivity index (χ1) is 12.0. The second-order valence-electron chi connectivity index (χ2n) is 5.89. The Kier molecular flexibility index (Phi) is 6.07. The highest BCUT2D eigenvalue weighted by Gasteiger charge is 2.20. The van der Waals surface area contributed by atoms with Gasteiger partial charge in [0.1, 0.15) is 0 Å². The fraction of sp³-hybridized carbons (Fsp3) is 0.278. The molecule has 0 spiro atoms. The number of nitrogens with zero attached hydrogens (tertiary/aromatic N) is 2. The predicted octanol–water partition coefficient (Wildman–Crippen LogP) is 4.41. The van der Waals surface area contributed by atoms with Gasteiger partial charge in [0, 0.05) is 36.9 Å². The van der Waals surface area contributed by atoms with E-state index in [1.165, 1.54) is 0 Å². The van der Waals surface area contributed by atoms with E-state index in [9.17, 15) is 4.79 Å². The molecule has 25 heavy (non-hydrogen) atoms. The summed E-state index contributed by atoms with van der Waals surface area (Å²) in [6.07, 6.45) is 0. The third kappa shape index (κ3) is 4.79. The van der Waals surface area contributed by atoms with Crippen molar-refractivity contribution in [2.24, 2.45) is 0 Å². The van der Waals surface area contributed by atoms with Crippen LogP contribution in [-0.2, 0) is 4.79 Å². The summed E-state index contributed by atoms with van der Waals surface area (Å²) in [5.74, 6) is -0.119. The zero-order valence-corrected chi connectivity index (χ0v) is 15.8. The van der Waals surface area contributed by atoms with Gasteiger partial charge in [-0.1, -0.05) is 46.9 Å². The molecule has 0 aromatic heterocycles. The number of hydrogen-bond acceptors (Lipinski definition) is 3. The molecule has 2 aromatic carbocycles. The summed E-state index contributed by atoms with van der Waals surface area (Å²) < 4.78 is 0. The van der Waals surface area contributed by atoms with Crippen molar-refractivity contribution in [3.8, 4) is 0 Å². The summed E-state index contributed by atoms with van der Waals surface area (Å²) >= 11 is 18.2. The lowest BCUT2D eigenvalue weighted by atomic mass is 10.2. The minimum Gasteiger partial charge on any atom is -0.369 e. The molecular formula is C18H18Cl3N3O. The molecular weight excluding hydrogens is 381 g/mol. The lowest BCUT2D eigenvalue weighted by Gasteiger charge is -2.35. The molecule has 0 atom stereocenters. The van der Waals surface area contributed by atoms with Gasteiger partial charge in [-0.15, -0.1) is 0 Å². The molecule has 1 saturated heterocycles. The molecule has 1 aliphatic heterocycles. The lowest BCUT2D eigenvalue weighted by Crippen LogP contribution is -2.48. The van der Waals surface area contributed by atoms with Crippen molar-refractivity contribution >= 4 is 52.1 Å². The number of carbonyl (C=O) groups is 1. The van der Waals surface area contributed by atoms with Crippen LogP contribution in [0.4, 0.5) is 11.4 Å². The maximum absolute atomic E-state index is 12.3. The van der Waals surface area contributed by atoms with Crippen molar-refractivity contribution in [3.05, 3.63) is 57.5 Å². The highest BCUT2D eigenvalue weighted by atomic mass is 35.5. The molecule has 1 aliphatic rings. The van der Waals surface area contributed by atoms with E-state index in [0.29, 0.717) is 22.3 Å². The van der Waals surface area contributed by atoms with Gasteiger partial charge >= 0.3 is 0 Å². The van der Waals surface area contributed by atoms with Crippen LogP contribution in [0.2, 0.25) is 15.1 Å². The van der Waals surface area contributed by atoms with Gasteiger partial charge in [0.2, 0.25) is 5.91 Å². The Morgan fingerprint density at radius 1 is 0.960 bits per heavy atom. The highest BCUT2D eigenvalue weighted by molar-refractivity contribution is 6.39. The van der Waals surface area contributed by atoms with Crippen molar-refractivity contribution in [1.29, 1.82) is 0 Å². The molecule has 1 N–H and O–H groups in total. The van der Waals surface area contributed by atoms with Gasteiger partial charge < -0.3 is 10.2 Å². The average Bonchev–Trinajstić information content (AvgIpc) is 2.59. The van der Waals surface area contributed by atoms with E-state index in [1.807, 2.05) is 24.3 Å². The molecule has 3 rings (SSSR count). The molecule has 4 nitrogen and oxygen atoms in total. The minimum absolute atomic E-state index is 0.119. The number of piperazine rings is 1. The van der Waals surface area contributed by atoms with Gasteiger partial charge in [0.05, 0.1) is 22.3 Å². The largest absolute Gasteiger partial charge is 0.369 e. The Labute approximate surface area is 162 Å². The molecule has 2 aromatic rings. The maximum atomic E-state index is 12.3. The maximum Gasteiger partial charge on any atom is 0.238 e. The molecule has 1 fully saturated rings. The Hall–Kier alpha value is -1.46. The van der Waals surface area contributed by atoms with Crippen molar-refractivity contribution in [2.45, 2.75) is 0 Å². The first-order valence-corrected chi connectivity index (χ1v) is 9.13. The number of halogens is 3. The van der Waals surface area contributed by atoms with Gasteiger partial charge in [0.25, 0.3) is 0 Å². The molecule has 0 unspecified atom stereocenters. The Bertz CT molecular complexity index is 741. The summed E-state index contributed by atoms with van der Waals surface area (Å²) in [6, 6.07) is 13.0. The van der Waals surface area contributed by atoms with Crippen LogP contribution in [0.5, 0.6) is 0 Å². The molecule has 7 heteroatoms. The number of nitrogens with one attached hydrogen (secondary N) is 1. The van der Waals surface area contributed by atoms with Crippen LogP contribution < -0.4 is 10.2 Å². The van der Waals surface area contributed by atoms with E-state index in [-0.39, 0.29) is 5.91 Å². The summed E-state index contributed by atoms with van der Waals surface area (Å²) in [5.41, 5.74) is 1.58. The normalized spacial score (nSPS) is 15.2. The van der Waals surface area contributed by atoms with Crippen molar-refractivity contribution < 1.29 is 4.79 Å². The zero-order valence-electron chi connectivity index (χ0n) is 13.5. The fourth-order valence-corrected chi connectivity index (χ4v) is 3.51. The van der Waals surface area contributed by atoms with E-state index in [1.54, 1.807) is 18.2 Å². The second kappa shape index (κ2) is 8.28. The van der Waals surface area contributed by atoms with Gasteiger partial charge in [0.15, 0.2) is 0 Å². The van der Waals surface area contributed by atoms with E-state index in [2.05, 4.69) is 15.1 Å². The molecule has 132 valence electrons. The number of benzene rings is 2. The summed E-state index contributed by atoms with van der Waals surface area (Å²) in [4.78, 5) is 16.7. The van der Waals surface area contributed by atoms with Crippen LogP contribution in [-0.4, -0.2) is 43.5 Å². The van der Waals surface area contributed by atoms with Crippen LogP contribution >= 0.6 is 34.8 Å². The quantitative estimate of drug-likeness (QED) is 0.829. The van der Waals surface area contributed by atoms with Crippen molar-refractivity contribution in [3.63, 3.8) is 0 Å². The molecule has 0 bridgehead atoms. The minimum atomic E-state index is -0.119. The Balaban J connectivity index is 1.53. The molecule has 0 radical (unpaired) electrons. The molecule has 0 saturated carbocycles. The van der Waals surface area contributed by atoms with Gasteiger partial charge in [-0.2, -0.15) is 0 Å². The number of carbonyl (C=O) groups excluding carboxylic acids is 1. The number of hydrogen-bond donors (Lipinski definition) is 1. The fourth-order valence-electron chi connectivity index (χ4n) is 2.84. The summed E-state index contributed by atoms with van der Waals surface area (Å²) in [5, 5.41) is 4.41. The topological polar surface area (TPSA) is 35.6 Å². The molecule has 1 amide bonds. The van der Waals surface area contributed by atoms with Crippen LogP contribution in [0.15, 0.2) is 42.5 Å². The summed E-state index contributed by atoms with van der Waals surface area (Å²) in [6.45, 7) is 3.61. The Morgan fingerprint density at radius 2 is 1.60 bits per heavy atom. The molecule has 0 aliphatic carbocycles. The standard InChI is InChI=1S/C18H18Cl3N3O/c19-13-3-1-4-14(11-13)24-9-7-23(8-10-24)12-17(25)22-18-15(20)5-2-6-16(18)21/h1-6,11H,7-10,12H2,(H,22,25). The SMILES string of the molecule is O=C(CN1CCN(c2cccc(Cl)c2)CC1)Nc1c(Cl)cccc1Cl. The van der Waals surface area contributed by atoms with Crippen LogP contribution in [0.3, 0.4) is 0 Å². The third-order valence-corrected chi connectivity index (χ3v) is 5.01. The Morgan fingerprint density at radius 3 is 2.24 bits per heavy atom. The van der Waals surface area contributed by atoms with Crippen molar-refractivity contribution in [1.82, 2.24) is 4.90 Å². The predicted molar refractivity (Wildman–Crippen MR) is 105 cm³/mol. The van der Waals surface area contributed by atoms with Gasteiger partial charge in [-0.05, 0) is 30.3 Å². The zero-order chi connectivity index (χ0) is 17.8. The number of anilines is 2. The lowest BCUT2D eigenvalue weighted by molar-refractivity contribution is -0.117. The number of rotatable bonds is 4. The smallest absolute Gasteiger partial charge is 0.238 e. The number of para-hydroxylation sites is 1. The number of amides is 1. The second-order valence-corrected chi connectivity index (χ2v) is 7.14. The first-order valence-electron chi connectivity index (χ1n) is 7.99. The van der Waals surface area contributed by atoms with E-state index in [4.69, 9.17) is 34.8 Å². The third-order valence-electron chi connectivity index (χ3n) is 4.14.